The Kier molecular flexibility index (Phi) is 2.81. The van der Waals surface area contributed by atoms with Gasteiger partial charge in [0, 0.05) is 6.20 Å². The predicted octanol–water partition coefficient (Wildman–Crippen LogP) is 0.555. The largest absolute Gasteiger partial charge is 0.394 e. The second-order valence-electron chi connectivity index (χ2n) is 4.49. The van der Waals surface area contributed by atoms with Crippen molar-refractivity contribution in [2.24, 2.45) is 0 Å². The highest BCUT2D eigenvalue weighted by atomic mass is 16.5. The van der Waals surface area contributed by atoms with Gasteiger partial charge in [-0.2, -0.15) is 5.26 Å². The van der Waals surface area contributed by atoms with Gasteiger partial charge in [-0.1, -0.05) is 0 Å². The van der Waals surface area contributed by atoms with E-state index < -0.39 is 0 Å². The summed E-state index contributed by atoms with van der Waals surface area (Å²) in [6.07, 6.45) is 4.21. The molecule has 7 heteroatoms. The van der Waals surface area contributed by atoms with Crippen LogP contribution in [0.15, 0.2) is 12.5 Å². The van der Waals surface area contributed by atoms with Gasteiger partial charge in [-0.15, -0.1) is 0 Å². The van der Waals surface area contributed by atoms with Crippen LogP contribution in [0.4, 0.5) is 5.82 Å². The molecular weight excluding hydrogens is 246 g/mol. The number of fused-ring (bicyclic) bond motifs is 1. The van der Waals surface area contributed by atoms with Crippen LogP contribution < -0.4 is 5.73 Å². The van der Waals surface area contributed by atoms with Gasteiger partial charge in [0.25, 0.3) is 0 Å². The fraction of sp³-hybridized carbons (Fsp3) is 0.417. The molecule has 1 saturated heterocycles. The van der Waals surface area contributed by atoms with E-state index in [1.807, 2.05) is 0 Å². The lowest BCUT2D eigenvalue weighted by Crippen LogP contribution is -2.14. The molecule has 0 spiro atoms. The molecule has 0 bridgehead atoms. The Balaban J connectivity index is 2.10. The van der Waals surface area contributed by atoms with E-state index in [9.17, 15) is 0 Å². The number of nitriles is 1. The fourth-order valence-corrected chi connectivity index (χ4v) is 2.44. The van der Waals surface area contributed by atoms with E-state index in [-0.39, 0.29) is 24.8 Å². The van der Waals surface area contributed by atoms with Crippen molar-refractivity contribution in [2.75, 3.05) is 12.3 Å². The Labute approximate surface area is 109 Å². The monoisotopic (exact) mass is 259 g/mol. The van der Waals surface area contributed by atoms with Crippen molar-refractivity contribution >= 4 is 16.9 Å². The maximum Gasteiger partial charge on any atom is 0.148 e. The van der Waals surface area contributed by atoms with Gasteiger partial charge in [-0.25, -0.2) is 9.97 Å². The second-order valence-corrected chi connectivity index (χ2v) is 4.49. The van der Waals surface area contributed by atoms with E-state index in [1.165, 1.54) is 6.33 Å². The van der Waals surface area contributed by atoms with Crippen molar-refractivity contribution in [3.63, 3.8) is 0 Å². The molecule has 0 aromatic carbocycles. The first kappa shape index (κ1) is 11.9. The zero-order chi connectivity index (χ0) is 13.4. The first-order valence-corrected chi connectivity index (χ1v) is 6.02. The number of ether oxygens (including phenoxy) is 1. The topological polar surface area (TPSA) is 110 Å². The molecule has 3 rings (SSSR count). The van der Waals surface area contributed by atoms with E-state index in [0.717, 1.165) is 12.8 Å². The molecule has 19 heavy (non-hydrogen) atoms. The molecule has 0 saturated carbocycles. The summed E-state index contributed by atoms with van der Waals surface area (Å²) in [7, 11) is 0. The van der Waals surface area contributed by atoms with E-state index in [2.05, 4.69) is 16.0 Å². The maximum absolute atomic E-state index is 9.16. The molecule has 2 aromatic heterocycles. The number of hydrogen-bond donors (Lipinski definition) is 2. The highest BCUT2D eigenvalue weighted by molar-refractivity contribution is 5.91. The number of hydrogen-bond acceptors (Lipinski definition) is 6. The quantitative estimate of drug-likeness (QED) is 0.815. The standard InChI is InChI=1S/C12H13N5O2/c13-3-7-4-17(9-2-1-8(5-18)19-9)12-10(7)11(14)15-6-16-12/h4,6,8-9,18H,1-2,5H2,(H2,14,15,16)/t8-,9?/m0/s1. The predicted molar refractivity (Wildman–Crippen MR) is 66.9 cm³/mol. The minimum Gasteiger partial charge on any atom is -0.394 e. The van der Waals surface area contributed by atoms with Crippen LogP contribution in [0.3, 0.4) is 0 Å². The summed E-state index contributed by atoms with van der Waals surface area (Å²) in [5.74, 6) is 0.289. The van der Waals surface area contributed by atoms with Crippen molar-refractivity contribution in [3.05, 3.63) is 18.1 Å². The number of nitrogen functional groups attached to an aromatic ring is 1. The molecule has 1 aliphatic rings. The molecule has 0 aliphatic carbocycles. The molecule has 2 aromatic rings. The molecule has 1 unspecified atom stereocenters. The number of aromatic nitrogens is 3. The molecule has 2 atom stereocenters. The Morgan fingerprint density at radius 2 is 2.37 bits per heavy atom. The Bertz CT molecular complexity index is 660. The highest BCUT2D eigenvalue weighted by Crippen LogP contribution is 2.33. The zero-order valence-electron chi connectivity index (χ0n) is 10.2. The second kappa shape index (κ2) is 4.50. The van der Waals surface area contributed by atoms with Crippen LogP contribution >= 0.6 is 0 Å². The lowest BCUT2D eigenvalue weighted by Gasteiger charge is -2.14. The van der Waals surface area contributed by atoms with Gasteiger partial charge >= 0.3 is 0 Å². The van der Waals surface area contributed by atoms with E-state index in [1.54, 1.807) is 10.8 Å². The highest BCUT2D eigenvalue weighted by Gasteiger charge is 2.28. The average Bonchev–Trinajstić information content (AvgIpc) is 3.02. The normalized spacial score (nSPS) is 22.7. The van der Waals surface area contributed by atoms with Crippen LogP contribution in [0.5, 0.6) is 0 Å². The third-order valence-electron chi connectivity index (χ3n) is 3.36. The molecule has 0 radical (unpaired) electrons. The number of nitrogens with two attached hydrogens (primary N) is 1. The Hall–Kier alpha value is -2.17. The van der Waals surface area contributed by atoms with Crippen LogP contribution in [0.25, 0.3) is 11.0 Å². The van der Waals surface area contributed by atoms with Crippen LogP contribution in [-0.4, -0.2) is 32.4 Å². The summed E-state index contributed by atoms with van der Waals surface area (Å²) in [5, 5.41) is 18.8. The lowest BCUT2D eigenvalue weighted by molar-refractivity contribution is -0.0204. The first-order chi connectivity index (χ1) is 9.24. The van der Waals surface area contributed by atoms with Crippen LogP contribution in [0.1, 0.15) is 24.6 Å². The SMILES string of the molecule is N#Cc1cn(C2CC[C@@H](CO)O2)c2ncnc(N)c12. The number of nitrogens with zero attached hydrogens (tertiary/aromatic N) is 4. The molecular formula is C12H13N5O2. The van der Waals surface area contributed by atoms with Crippen LogP contribution in [0.2, 0.25) is 0 Å². The number of anilines is 1. The third-order valence-corrected chi connectivity index (χ3v) is 3.36. The zero-order valence-corrected chi connectivity index (χ0v) is 10.2. The molecule has 3 heterocycles. The summed E-state index contributed by atoms with van der Waals surface area (Å²) in [5.41, 5.74) is 6.83. The van der Waals surface area contributed by atoms with Gasteiger partial charge in [0.1, 0.15) is 30.1 Å². The van der Waals surface area contributed by atoms with Gasteiger partial charge in [-0.05, 0) is 12.8 Å². The van der Waals surface area contributed by atoms with Gasteiger partial charge in [0.05, 0.1) is 23.7 Å². The van der Waals surface area contributed by atoms with Crippen molar-refractivity contribution < 1.29 is 9.84 Å². The van der Waals surface area contributed by atoms with Gasteiger partial charge in [0.15, 0.2) is 0 Å². The van der Waals surface area contributed by atoms with Crippen molar-refractivity contribution in [3.8, 4) is 6.07 Å². The maximum atomic E-state index is 9.16. The van der Waals surface area contributed by atoms with Gasteiger partial charge in [0.2, 0.25) is 0 Å². The average molecular weight is 259 g/mol. The van der Waals surface area contributed by atoms with Crippen LogP contribution in [0, 0.1) is 11.3 Å². The summed E-state index contributed by atoms with van der Waals surface area (Å²) in [6, 6.07) is 2.09. The minimum absolute atomic E-state index is 0.00205. The van der Waals surface area contributed by atoms with Crippen LogP contribution in [-0.2, 0) is 4.74 Å². The molecule has 0 amide bonds. The Morgan fingerprint density at radius 1 is 1.53 bits per heavy atom. The van der Waals surface area contributed by atoms with Crippen molar-refractivity contribution in [1.29, 1.82) is 5.26 Å². The first-order valence-electron chi connectivity index (χ1n) is 6.02. The third kappa shape index (κ3) is 1.82. The summed E-state index contributed by atoms with van der Waals surface area (Å²) in [4.78, 5) is 8.09. The lowest BCUT2D eigenvalue weighted by atomic mass is 10.2. The fourth-order valence-electron chi connectivity index (χ4n) is 2.44. The number of rotatable bonds is 2. The van der Waals surface area contributed by atoms with E-state index in [4.69, 9.17) is 20.8 Å². The van der Waals surface area contributed by atoms with Crippen molar-refractivity contribution in [1.82, 2.24) is 14.5 Å². The van der Waals surface area contributed by atoms with E-state index in [0.29, 0.717) is 16.6 Å². The number of aliphatic hydroxyl groups excluding tert-OH is 1. The summed E-state index contributed by atoms with van der Waals surface area (Å²) >= 11 is 0. The molecule has 98 valence electrons. The summed E-state index contributed by atoms with van der Waals surface area (Å²) < 4.78 is 7.50. The smallest absolute Gasteiger partial charge is 0.148 e. The van der Waals surface area contributed by atoms with Gasteiger partial charge < -0.3 is 20.1 Å². The van der Waals surface area contributed by atoms with Gasteiger partial charge in [-0.3, -0.25) is 0 Å². The molecule has 1 aliphatic heterocycles. The molecule has 1 fully saturated rings. The minimum atomic E-state index is -0.226. The van der Waals surface area contributed by atoms with E-state index >= 15 is 0 Å². The van der Waals surface area contributed by atoms with Crippen molar-refractivity contribution in [2.45, 2.75) is 25.2 Å². The molecule has 3 N–H and O–H groups in total. The number of aliphatic hydroxyl groups is 1. The molecule has 7 nitrogen and oxygen atoms in total. The summed E-state index contributed by atoms with van der Waals surface area (Å²) in [6.45, 7) is -0.00205. The Morgan fingerprint density at radius 3 is 3.05 bits per heavy atom.